The molecule has 19 heavy (non-hydrogen) atoms. The molecule has 2 rings (SSSR count). The molecule has 5 heteroatoms. The largest absolute Gasteiger partial charge is 0.495 e. The molecule has 1 aromatic carbocycles. The van der Waals surface area contributed by atoms with Crippen molar-refractivity contribution in [3.8, 4) is 16.9 Å². The molecule has 0 atom stereocenters. The Balaban J connectivity index is 2.18. The number of nitrogens with zero attached hydrogens (tertiary/aromatic N) is 3. The lowest BCUT2D eigenvalue weighted by atomic mass is 10.1. The molecule has 5 nitrogen and oxygen atoms in total. The molecule has 0 aliphatic heterocycles. The van der Waals surface area contributed by atoms with Crippen molar-refractivity contribution in [3.05, 3.63) is 30.6 Å². The zero-order chi connectivity index (χ0) is 13.8. The maximum absolute atomic E-state index is 5.81. The molecule has 2 aromatic rings. The summed E-state index contributed by atoms with van der Waals surface area (Å²) in [6.07, 6.45) is 3.90. The molecule has 0 amide bonds. The third-order valence-electron chi connectivity index (χ3n) is 2.98. The highest BCUT2D eigenvalue weighted by molar-refractivity contribution is 5.68. The van der Waals surface area contributed by atoms with E-state index in [1.54, 1.807) is 7.11 Å². The first kappa shape index (κ1) is 13.4. The average Bonchev–Trinajstić information content (AvgIpc) is 2.86. The number of ether oxygens (including phenoxy) is 1. The summed E-state index contributed by atoms with van der Waals surface area (Å²) < 4.78 is 7.18. The van der Waals surface area contributed by atoms with E-state index in [9.17, 15) is 0 Å². The second-order valence-corrected chi connectivity index (χ2v) is 4.75. The van der Waals surface area contributed by atoms with Gasteiger partial charge in [0.2, 0.25) is 0 Å². The zero-order valence-corrected chi connectivity index (χ0v) is 11.6. The van der Waals surface area contributed by atoms with E-state index < -0.39 is 0 Å². The van der Waals surface area contributed by atoms with Crippen molar-refractivity contribution < 1.29 is 4.74 Å². The lowest BCUT2D eigenvalue weighted by molar-refractivity contribution is 0.373. The van der Waals surface area contributed by atoms with Gasteiger partial charge in [-0.25, -0.2) is 0 Å². The van der Waals surface area contributed by atoms with Gasteiger partial charge in [0, 0.05) is 18.3 Å². The van der Waals surface area contributed by atoms with Crippen molar-refractivity contribution in [2.24, 2.45) is 0 Å². The number of methoxy groups -OCH3 is 1. The highest BCUT2D eigenvalue weighted by atomic mass is 16.5. The van der Waals surface area contributed by atoms with Crippen molar-refractivity contribution in [1.29, 1.82) is 0 Å². The smallest absolute Gasteiger partial charge is 0.142 e. The minimum atomic E-state index is 0.645. The van der Waals surface area contributed by atoms with Crippen LogP contribution in [0.5, 0.6) is 5.75 Å². The van der Waals surface area contributed by atoms with Gasteiger partial charge in [-0.05, 0) is 31.8 Å². The van der Waals surface area contributed by atoms with Gasteiger partial charge in [-0.1, -0.05) is 6.07 Å². The molecule has 0 fully saturated rings. The summed E-state index contributed by atoms with van der Waals surface area (Å²) in [5.74, 6) is 0.693. The number of aromatic nitrogens is 2. The molecule has 2 N–H and O–H groups in total. The Morgan fingerprint density at radius 2 is 2.11 bits per heavy atom. The maximum Gasteiger partial charge on any atom is 0.142 e. The number of hydrogen-bond donors (Lipinski definition) is 1. The Morgan fingerprint density at radius 3 is 2.79 bits per heavy atom. The normalized spacial score (nSPS) is 10.9. The van der Waals surface area contributed by atoms with Crippen molar-refractivity contribution in [1.82, 2.24) is 14.7 Å². The number of hydrogen-bond acceptors (Lipinski definition) is 4. The standard InChI is InChI=1S/C14H20N4O/c1-17(2)6-7-18-10-12(9-16-18)11-4-5-13(15)14(8-11)19-3/h4-5,8-10H,6-7,15H2,1-3H3. The minimum absolute atomic E-state index is 0.645. The molecule has 0 aliphatic carbocycles. The van der Waals surface area contributed by atoms with Crippen LogP contribution < -0.4 is 10.5 Å². The van der Waals surface area contributed by atoms with Crippen LogP contribution in [0.25, 0.3) is 11.1 Å². The third-order valence-corrected chi connectivity index (χ3v) is 2.98. The van der Waals surface area contributed by atoms with Crippen molar-refractivity contribution in [2.45, 2.75) is 6.54 Å². The van der Waals surface area contributed by atoms with Crippen LogP contribution >= 0.6 is 0 Å². The molecule has 0 saturated heterocycles. The average molecular weight is 260 g/mol. The monoisotopic (exact) mass is 260 g/mol. The second kappa shape index (κ2) is 5.75. The quantitative estimate of drug-likeness (QED) is 0.831. The van der Waals surface area contributed by atoms with E-state index in [0.717, 1.165) is 24.2 Å². The van der Waals surface area contributed by atoms with E-state index in [2.05, 4.69) is 24.1 Å². The van der Waals surface area contributed by atoms with E-state index >= 15 is 0 Å². The molecule has 0 spiro atoms. The van der Waals surface area contributed by atoms with Crippen molar-refractivity contribution in [2.75, 3.05) is 33.5 Å². The first-order valence-electron chi connectivity index (χ1n) is 6.21. The van der Waals surface area contributed by atoms with Gasteiger partial charge in [-0.15, -0.1) is 0 Å². The summed E-state index contributed by atoms with van der Waals surface area (Å²) in [5, 5.41) is 4.36. The van der Waals surface area contributed by atoms with E-state index in [-0.39, 0.29) is 0 Å². The van der Waals surface area contributed by atoms with Gasteiger partial charge in [0.1, 0.15) is 5.75 Å². The Bertz CT molecular complexity index is 548. The first-order chi connectivity index (χ1) is 9.10. The van der Waals surface area contributed by atoms with Crippen LogP contribution in [-0.2, 0) is 6.54 Å². The lowest BCUT2D eigenvalue weighted by Crippen LogP contribution is -2.18. The van der Waals surface area contributed by atoms with E-state index in [1.165, 1.54) is 0 Å². The summed E-state index contributed by atoms with van der Waals surface area (Å²) in [5.41, 5.74) is 8.58. The fraction of sp³-hybridized carbons (Fsp3) is 0.357. The van der Waals surface area contributed by atoms with E-state index in [4.69, 9.17) is 10.5 Å². The summed E-state index contributed by atoms with van der Waals surface area (Å²) in [6.45, 7) is 1.84. The molecular formula is C14H20N4O. The van der Waals surface area contributed by atoms with Crippen LogP contribution in [0.2, 0.25) is 0 Å². The number of likely N-dealkylation sites (N-methyl/N-ethyl adjacent to an activating group) is 1. The molecule has 0 bridgehead atoms. The van der Waals surface area contributed by atoms with Crippen LogP contribution in [0.1, 0.15) is 0 Å². The number of nitrogen functional groups attached to an aromatic ring is 1. The predicted octanol–water partition coefficient (Wildman–Crippen LogP) is 1.70. The van der Waals surface area contributed by atoms with Gasteiger partial charge >= 0.3 is 0 Å². The number of benzene rings is 1. The Morgan fingerprint density at radius 1 is 1.32 bits per heavy atom. The molecule has 0 unspecified atom stereocenters. The van der Waals surface area contributed by atoms with Gasteiger partial charge in [0.15, 0.2) is 0 Å². The minimum Gasteiger partial charge on any atom is -0.495 e. The van der Waals surface area contributed by atoms with Gasteiger partial charge in [0.25, 0.3) is 0 Å². The van der Waals surface area contributed by atoms with Crippen LogP contribution in [-0.4, -0.2) is 42.4 Å². The highest BCUT2D eigenvalue weighted by Crippen LogP contribution is 2.28. The Labute approximate surface area is 113 Å². The van der Waals surface area contributed by atoms with Gasteiger partial charge in [-0.2, -0.15) is 5.10 Å². The zero-order valence-electron chi connectivity index (χ0n) is 11.6. The molecule has 0 radical (unpaired) electrons. The predicted molar refractivity (Wildman–Crippen MR) is 77.2 cm³/mol. The van der Waals surface area contributed by atoms with Crippen LogP contribution in [0, 0.1) is 0 Å². The molecule has 0 saturated carbocycles. The number of nitrogens with two attached hydrogens (primary N) is 1. The van der Waals surface area contributed by atoms with Gasteiger partial charge in [-0.3, -0.25) is 4.68 Å². The molecular weight excluding hydrogens is 240 g/mol. The van der Waals surface area contributed by atoms with E-state index in [1.807, 2.05) is 35.3 Å². The molecule has 1 heterocycles. The SMILES string of the molecule is COc1cc(-c2cnn(CCN(C)C)c2)ccc1N. The fourth-order valence-electron chi connectivity index (χ4n) is 1.83. The maximum atomic E-state index is 5.81. The Hall–Kier alpha value is -2.01. The summed E-state index contributed by atoms with van der Waals surface area (Å²) in [6, 6.07) is 5.76. The molecule has 0 aliphatic rings. The molecule has 102 valence electrons. The van der Waals surface area contributed by atoms with E-state index in [0.29, 0.717) is 11.4 Å². The van der Waals surface area contributed by atoms with Crippen molar-refractivity contribution >= 4 is 5.69 Å². The third kappa shape index (κ3) is 3.26. The van der Waals surface area contributed by atoms with Crippen LogP contribution in [0.4, 0.5) is 5.69 Å². The first-order valence-corrected chi connectivity index (χ1v) is 6.21. The number of rotatable bonds is 5. The summed E-state index contributed by atoms with van der Waals surface area (Å²) >= 11 is 0. The topological polar surface area (TPSA) is 56.3 Å². The molecule has 1 aromatic heterocycles. The lowest BCUT2D eigenvalue weighted by Gasteiger charge is -2.08. The Kier molecular flexibility index (Phi) is 4.06. The highest BCUT2D eigenvalue weighted by Gasteiger charge is 2.06. The fourth-order valence-corrected chi connectivity index (χ4v) is 1.83. The van der Waals surface area contributed by atoms with Gasteiger partial charge in [0.05, 0.1) is 25.5 Å². The summed E-state index contributed by atoms with van der Waals surface area (Å²) in [7, 11) is 5.72. The van der Waals surface area contributed by atoms with Crippen molar-refractivity contribution in [3.63, 3.8) is 0 Å². The van der Waals surface area contributed by atoms with Crippen LogP contribution in [0.15, 0.2) is 30.6 Å². The second-order valence-electron chi connectivity index (χ2n) is 4.75. The number of anilines is 1. The van der Waals surface area contributed by atoms with Gasteiger partial charge < -0.3 is 15.4 Å². The summed E-state index contributed by atoms with van der Waals surface area (Å²) in [4.78, 5) is 2.13. The van der Waals surface area contributed by atoms with Crippen LogP contribution in [0.3, 0.4) is 0 Å².